The molecule has 4 aromatic rings. The summed E-state index contributed by atoms with van der Waals surface area (Å²) in [6.45, 7) is 5.25. The Hall–Kier alpha value is -3.84. The topological polar surface area (TPSA) is 93.0 Å². The molecule has 0 spiro atoms. The van der Waals surface area contributed by atoms with Gasteiger partial charge in [-0.15, -0.1) is 11.8 Å². The minimum atomic E-state index is -1.72. The second-order valence-corrected chi connectivity index (χ2v) is 12.9. The summed E-state index contributed by atoms with van der Waals surface area (Å²) in [5, 5.41) is 15.2. The number of aliphatic hydroxyl groups is 1. The van der Waals surface area contributed by atoms with Crippen LogP contribution in [0.25, 0.3) is 0 Å². The van der Waals surface area contributed by atoms with Gasteiger partial charge in [-0.25, -0.2) is 18.4 Å². The van der Waals surface area contributed by atoms with Gasteiger partial charge in [-0.1, -0.05) is 43.3 Å². The van der Waals surface area contributed by atoms with Crippen molar-refractivity contribution < 1.29 is 28.2 Å². The Bertz CT molecular complexity index is 1560. The van der Waals surface area contributed by atoms with E-state index in [0.717, 1.165) is 30.8 Å². The Morgan fingerprint density at radius 3 is 2.38 bits per heavy atom. The monoisotopic (exact) mass is 635 g/mol. The van der Waals surface area contributed by atoms with Crippen molar-refractivity contribution in [3.05, 3.63) is 114 Å². The molecule has 2 saturated heterocycles. The van der Waals surface area contributed by atoms with E-state index < -0.39 is 28.8 Å². The zero-order chi connectivity index (χ0) is 31.4. The molecule has 6 rings (SSSR count). The van der Waals surface area contributed by atoms with Crippen LogP contribution in [0.2, 0.25) is 0 Å². The fourth-order valence-electron chi connectivity index (χ4n) is 5.76. The molecule has 9 nitrogen and oxygen atoms in total. The lowest BCUT2D eigenvalue weighted by Gasteiger charge is -2.38. The Morgan fingerprint density at radius 1 is 1.02 bits per heavy atom. The van der Waals surface area contributed by atoms with Crippen molar-refractivity contribution in [2.45, 2.75) is 35.9 Å². The smallest absolute Gasteiger partial charge is 0.253 e. The largest absolute Gasteiger partial charge is 0.382 e. The van der Waals surface area contributed by atoms with Crippen LogP contribution in [-0.4, -0.2) is 80.6 Å². The van der Waals surface area contributed by atoms with Crippen LogP contribution in [0.3, 0.4) is 0 Å². The summed E-state index contributed by atoms with van der Waals surface area (Å²) in [7, 11) is 0. The maximum absolute atomic E-state index is 14.9. The molecule has 0 saturated carbocycles. The molecule has 45 heavy (non-hydrogen) atoms. The quantitative estimate of drug-likeness (QED) is 0.285. The summed E-state index contributed by atoms with van der Waals surface area (Å²) in [6.07, 6.45) is 2.17. The van der Waals surface area contributed by atoms with E-state index in [0.29, 0.717) is 31.9 Å². The normalized spacial score (nSPS) is 20.9. The van der Waals surface area contributed by atoms with Gasteiger partial charge in [0, 0.05) is 59.9 Å². The molecule has 2 atom stereocenters. The third kappa shape index (κ3) is 7.04. The van der Waals surface area contributed by atoms with Crippen molar-refractivity contribution in [3.63, 3.8) is 0 Å². The molecule has 236 valence electrons. The molecule has 3 aromatic carbocycles. The van der Waals surface area contributed by atoms with E-state index in [9.17, 15) is 18.7 Å². The van der Waals surface area contributed by atoms with E-state index in [2.05, 4.69) is 27.1 Å². The van der Waals surface area contributed by atoms with Gasteiger partial charge in [0.25, 0.3) is 5.91 Å². The summed E-state index contributed by atoms with van der Waals surface area (Å²) in [5.41, 5.74) is 0.838. The fraction of sp³-hybridized carbons (Fsp3) is 0.364. The molecule has 1 N–H and O–H groups in total. The predicted octanol–water partition coefficient (Wildman–Crippen LogP) is 4.64. The second kappa shape index (κ2) is 13.7. The Kier molecular flexibility index (Phi) is 9.45. The zero-order valence-corrected chi connectivity index (χ0v) is 25.7. The first kappa shape index (κ1) is 31.2. The lowest BCUT2D eigenvalue weighted by Crippen LogP contribution is -2.48. The minimum absolute atomic E-state index is 0.00108. The lowest BCUT2D eigenvalue weighted by molar-refractivity contribution is -0.180. The minimum Gasteiger partial charge on any atom is -0.382 e. The molecule has 0 aliphatic carbocycles. The van der Waals surface area contributed by atoms with E-state index in [-0.39, 0.29) is 23.3 Å². The van der Waals surface area contributed by atoms with Crippen LogP contribution < -0.4 is 4.90 Å². The molecule has 0 bridgehead atoms. The van der Waals surface area contributed by atoms with Crippen molar-refractivity contribution in [2.75, 3.05) is 44.3 Å². The number of amides is 1. The highest BCUT2D eigenvalue weighted by Gasteiger charge is 2.41. The number of halogens is 2. The molecule has 1 amide bonds. The summed E-state index contributed by atoms with van der Waals surface area (Å²) < 4.78 is 42.0. The zero-order valence-electron chi connectivity index (χ0n) is 24.8. The van der Waals surface area contributed by atoms with Crippen molar-refractivity contribution in [1.82, 2.24) is 19.7 Å². The molecule has 1 aromatic heterocycles. The first-order chi connectivity index (χ1) is 21.8. The van der Waals surface area contributed by atoms with Gasteiger partial charge < -0.3 is 24.4 Å². The van der Waals surface area contributed by atoms with Crippen LogP contribution in [0.4, 0.5) is 14.5 Å². The number of ether oxygens (including phenoxy) is 2. The summed E-state index contributed by atoms with van der Waals surface area (Å²) in [5.74, 6) is -1.56. The van der Waals surface area contributed by atoms with E-state index in [1.807, 2.05) is 35.2 Å². The third-order valence-corrected chi connectivity index (χ3v) is 9.78. The van der Waals surface area contributed by atoms with E-state index >= 15 is 0 Å². The number of carbonyl (C=O) groups is 1. The van der Waals surface area contributed by atoms with E-state index in [4.69, 9.17) is 9.47 Å². The van der Waals surface area contributed by atoms with Crippen molar-refractivity contribution >= 4 is 23.4 Å². The summed E-state index contributed by atoms with van der Waals surface area (Å²) >= 11 is 1.40. The van der Waals surface area contributed by atoms with Crippen LogP contribution in [0.1, 0.15) is 34.7 Å². The van der Waals surface area contributed by atoms with Crippen LogP contribution in [0, 0.1) is 11.6 Å². The third-order valence-electron chi connectivity index (χ3n) is 8.32. The van der Waals surface area contributed by atoms with E-state index in [1.54, 1.807) is 19.1 Å². The van der Waals surface area contributed by atoms with Crippen LogP contribution in [-0.2, 0) is 21.6 Å². The lowest BCUT2D eigenvalue weighted by atomic mass is 9.90. The maximum atomic E-state index is 14.9. The molecule has 2 aliphatic heterocycles. The Morgan fingerprint density at radius 2 is 1.73 bits per heavy atom. The van der Waals surface area contributed by atoms with E-state index in [1.165, 1.54) is 40.9 Å². The summed E-state index contributed by atoms with van der Waals surface area (Å²) in [6, 6.07) is 20.7. The number of aromatic nitrogens is 3. The number of rotatable bonds is 9. The Labute approximate surface area is 264 Å². The number of para-hydroxylation sites is 1. The molecular weight excluding hydrogens is 600 g/mol. The average Bonchev–Trinajstić information content (AvgIpc) is 3.58. The number of carbonyl (C=O) groups excluding carboxylic acids is 1. The van der Waals surface area contributed by atoms with Crippen LogP contribution in [0.5, 0.6) is 0 Å². The number of benzene rings is 3. The second-order valence-electron chi connectivity index (χ2n) is 11.3. The highest BCUT2D eigenvalue weighted by molar-refractivity contribution is 8.00. The van der Waals surface area contributed by atoms with Gasteiger partial charge in [0.1, 0.15) is 29.9 Å². The SMILES string of the molecule is C[C@@H](SC1COC(c2ccc(C(=O)N3CCN(c4ccccc4)CC3)cc2)OC1)[C@](O)(Cn1cncn1)c1ccc(F)cc1F. The van der Waals surface area contributed by atoms with Crippen molar-refractivity contribution in [1.29, 1.82) is 0 Å². The number of anilines is 1. The number of hydrogen-bond acceptors (Lipinski definition) is 8. The number of piperazine rings is 1. The Balaban J connectivity index is 1.04. The molecule has 0 radical (unpaired) electrons. The first-order valence-electron chi connectivity index (χ1n) is 14.9. The number of hydrogen-bond donors (Lipinski definition) is 1. The van der Waals surface area contributed by atoms with Gasteiger partial charge in [0.2, 0.25) is 0 Å². The number of thioether (sulfide) groups is 1. The molecule has 2 fully saturated rings. The fourth-order valence-corrected chi connectivity index (χ4v) is 7.08. The van der Waals surface area contributed by atoms with Gasteiger partial charge in [-0.3, -0.25) is 4.79 Å². The average molecular weight is 636 g/mol. The standard InChI is InChI=1S/C33H35F2N5O4S/c1-23(33(42,20-40-22-36-21-37-40)29-12-11-26(34)17-30(29)35)45-28-18-43-32(44-19-28)25-9-7-24(8-10-25)31(41)39-15-13-38(14-16-39)27-5-3-2-4-6-27/h2-12,17,21-23,28,32,42H,13-16,18-20H2,1H3/t23-,28?,32?,33-/m1/s1. The van der Waals surface area contributed by atoms with Gasteiger partial charge in [0.05, 0.1) is 25.0 Å². The molecule has 2 aliphatic rings. The van der Waals surface area contributed by atoms with Crippen molar-refractivity contribution in [2.24, 2.45) is 0 Å². The molecule has 0 unspecified atom stereocenters. The van der Waals surface area contributed by atoms with Crippen LogP contribution in [0.15, 0.2) is 85.5 Å². The molecule has 3 heterocycles. The van der Waals surface area contributed by atoms with Gasteiger partial charge in [-0.2, -0.15) is 5.10 Å². The summed E-state index contributed by atoms with van der Waals surface area (Å²) in [4.78, 5) is 21.3. The van der Waals surface area contributed by atoms with Gasteiger partial charge in [-0.05, 0) is 30.3 Å². The highest BCUT2D eigenvalue weighted by Crippen LogP contribution is 2.39. The highest BCUT2D eigenvalue weighted by atomic mass is 32.2. The maximum Gasteiger partial charge on any atom is 0.253 e. The molecular formula is C33H35F2N5O4S. The van der Waals surface area contributed by atoms with Gasteiger partial charge >= 0.3 is 0 Å². The first-order valence-corrected chi connectivity index (χ1v) is 15.8. The number of nitrogens with zero attached hydrogens (tertiary/aromatic N) is 5. The van der Waals surface area contributed by atoms with Crippen molar-refractivity contribution in [3.8, 4) is 0 Å². The van der Waals surface area contributed by atoms with Crippen LogP contribution >= 0.6 is 11.8 Å². The predicted molar refractivity (Wildman–Crippen MR) is 167 cm³/mol. The van der Waals surface area contributed by atoms with Gasteiger partial charge in [0.15, 0.2) is 6.29 Å². The molecule has 12 heteroatoms.